The van der Waals surface area contributed by atoms with Crippen molar-refractivity contribution in [3.8, 4) is 11.1 Å². The fourth-order valence-corrected chi connectivity index (χ4v) is 3.52. The van der Waals surface area contributed by atoms with Crippen LogP contribution in [0.15, 0.2) is 36.4 Å². The molecule has 0 bridgehead atoms. The Hall–Kier alpha value is -2.33. The van der Waals surface area contributed by atoms with Crippen molar-refractivity contribution in [3.05, 3.63) is 58.0 Å². The molecule has 4 rings (SSSR count). The van der Waals surface area contributed by atoms with Crippen molar-refractivity contribution >= 4 is 11.6 Å². The van der Waals surface area contributed by atoms with Gasteiger partial charge in [0.15, 0.2) is 0 Å². The molecule has 2 heterocycles. The van der Waals surface area contributed by atoms with E-state index < -0.39 is 0 Å². The highest BCUT2D eigenvalue weighted by Crippen LogP contribution is 2.40. The molecule has 0 saturated carbocycles. The van der Waals surface area contributed by atoms with Crippen LogP contribution < -0.4 is 5.32 Å². The lowest BCUT2D eigenvalue weighted by Gasteiger charge is -2.26. The first-order chi connectivity index (χ1) is 10.6. The molecule has 0 fully saturated rings. The number of nitrogens with one attached hydrogen (secondary N) is 1. The minimum absolute atomic E-state index is 0.239. The molecule has 1 unspecified atom stereocenters. The van der Waals surface area contributed by atoms with Gasteiger partial charge in [0, 0.05) is 29.1 Å². The Bertz CT molecular complexity index is 796. The number of fused-ring (bicyclic) bond motifs is 3. The molecule has 4 nitrogen and oxygen atoms in total. The van der Waals surface area contributed by atoms with E-state index in [1.54, 1.807) is 0 Å². The Labute approximate surface area is 128 Å². The van der Waals surface area contributed by atoms with Crippen LogP contribution in [-0.2, 0) is 24.2 Å². The number of hydrogen-bond acceptors (Lipinski definition) is 3. The molecule has 0 spiro atoms. The zero-order valence-corrected chi connectivity index (χ0v) is 12.4. The summed E-state index contributed by atoms with van der Waals surface area (Å²) in [6.45, 7) is 2.91. The second-order valence-electron chi connectivity index (χ2n) is 6.10. The van der Waals surface area contributed by atoms with Crippen LogP contribution in [0.4, 0.5) is 5.69 Å². The molecule has 2 aliphatic rings. The fraction of sp³-hybridized carbons (Fsp3) is 0.278. The van der Waals surface area contributed by atoms with Gasteiger partial charge in [-0.1, -0.05) is 30.3 Å². The van der Waals surface area contributed by atoms with Crippen LogP contribution in [0.25, 0.3) is 11.1 Å². The molecule has 22 heavy (non-hydrogen) atoms. The quantitative estimate of drug-likeness (QED) is 0.823. The van der Waals surface area contributed by atoms with Gasteiger partial charge in [0.1, 0.15) is 11.2 Å². The summed E-state index contributed by atoms with van der Waals surface area (Å²) in [4.78, 5) is 23.9. The predicted octanol–water partition coefficient (Wildman–Crippen LogP) is 2.88. The summed E-state index contributed by atoms with van der Waals surface area (Å²) in [5, 5.41) is 3.49. The van der Waals surface area contributed by atoms with Crippen LogP contribution in [0.3, 0.4) is 0 Å². The Morgan fingerprint density at radius 1 is 1.14 bits per heavy atom. The van der Waals surface area contributed by atoms with Crippen LogP contribution in [0.5, 0.6) is 0 Å². The fourth-order valence-electron chi connectivity index (χ4n) is 3.52. The van der Waals surface area contributed by atoms with Gasteiger partial charge >= 0.3 is 5.91 Å². The Morgan fingerprint density at radius 3 is 2.68 bits per heavy atom. The number of nitrogens with zero attached hydrogens (tertiary/aromatic N) is 1. The second kappa shape index (κ2) is 4.85. The highest BCUT2D eigenvalue weighted by Gasteiger charge is 2.42. The molecule has 2 aromatic rings. The molecule has 0 aromatic heterocycles. The summed E-state index contributed by atoms with van der Waals surface area (Å²) >= 11 is 0. The molecular weight excluding hydrogens is 276 g/mol. The van der Waals surface area contributed by atoms with E-state index in [2.05, 4.69) is 12.2 Å². The van der Waals surface area contributed by atoms with Gasteiger partial charge < -0.3 is 5.32 Å². The number of carbonyl (C=O) groups is 1. The van der Waals surface area contributed by atoms with Crippen LogP contribution in [0.1, 0.15) is 23.6 Å². The minimum atomic E-state index is -0.353. The number of carbonyl (C=O) groups excluding carboxylic acids is 1. The molecule has 0 saturated heterocycles. The van der Waals surface area contributed by atoms with Gasteiger partial charge in [0.05, 0.1) is 0 Å². The zero-order chi connectivity index (χ0) is 15.3. The van der Waals surface area contributed by atoms with Crippen LogP contribution in [-0.4, -0.2) is 16.7 Å². The van der Waals surface area contributed by atoms with E-state index in [4.69, 9.17) is 0 Å². The van der Waals surface area contributed by atoms with Crippen molar-refractivity contribution in [3.63, 3.8) is 0 Å². The first-order valence-corrected chi connectivity index (χ1v) is 7.61. The minimum Gasteiger partial charge on any atom is -0.310 e. The lowest BCUT2D eigenvalue weighted by atomic mass is 9.85. The van der Waals surface area contributed by atoms with Crippen LogP contribution in [0, 0.1) is 4.91 Å². The van der Waals surface area contributed by atoms with E-state index in [1.807, 2.05) is 36.4 Å². The van der Waals surface area contributed by atoms with Crippen LogP contribution in [0.2, 0.25) is 0 Å². The SMILES string of the molecule is CC1Cc2c(c(-c3ccccc3)cc3c2CC(=O)[N+]3=O)CN1. The first kappa shape index (κ1) is 13.3. The maximum Gasteiger partial charge on any atom is 0.444 e. The third kappa shape index (κ3) is 1.91. The Kier molecular flexibility index (Phi) is 2.94. The van der Waals surface area contributed by atoms with Crippen molar-refractivity contribution in [1.82, 2.24) is 5.32 Å². The second-order valence-corrected chi connectivity index (χ2v) is 6.10. The van der Waals surface area contributed by atoms with Crippen molar-refractivity contribution in [2.24, 2.45) is 0 Å². The molecule has 1 atom stereocenters. The smallest absolute Gasteiger partial charge is 0.310 e. The van der Waals surface area contributed by atoms with Gasteiger partial charge in [-0.25, -0.2) is 4.79 Å². The van der Waals surface area contributed by atoms with E-state index >= 15 is 0 Å². The lowest BCUT2D eigenvalue weighted by molar-refractivity contribution is -0.379. The number of nitroso groups, excluding NO2 is 1. The van der Waals surface area contributed by atoms with E-state index in [1.165, 1.54) is 11.1 Å². The van der Waals surface area contributed by atoms with E-state index in [0.29, 0.717) is 16.5 Å². The van der Waals surface area contributed by atoms with Gasteiger partial charge in [-0.2, -0.15) is 0 Å². The zero-order valence-electron chi connectivity index (χ0n) is 12.4. The number of benzene rings is 2. The summed E-state index contributed by atoms with van der Waals surface area (Å²) in [5.74, 6) is -0.353. The summed E-state index contributed by atoms with van der Waals surface area (Å²) in [7, 11) is 0. The molecule has 2 aliphatic heterocycles. The van der Waals surface area contributed by atoms with E-state index in [0.717, 1.165) is 29.7 Å². The standard InChI is InChI=1S/C18H17N2O2/c1-11-7-14-15-9-18(21)20(22)17(15)8-13(16(14)10-19-11)12-5-3-2-4-6-12/h2-6,8,11,19H,7,9-10H2,1H3/q+1. The number of amides is 1. The normalized spacial score (nSPS) is 20.0. The van der Waals surface area contributed by atoms with Crippen LogP contribution >= 0.6 is 0 Å². The summed E-state index contributed by atoms with van der Waals surface area (Å²) in [5.41, 5.74) is 6.04. The number of rotatable bonds is 1. The van der Waals surface area contributed by atoms with Gasteiger partial charge in [0.25, 0.3) is 5.69 Å². The van der Waals surface area contributed by atoms with Crippen molar-refractivity contribution in [1.29, 1.82) is 0 Å². The van der Waals surface area contributed by atoms with E-state index in [9.17, 15) is 9.70 Å². The van der Waals surface area contributed by atoms with E-state index in [-0.39, 0.29) is 12.3 Å². The highest BCUT2D eigenvalue weighted by atomic mass is 16.3. The molecule has 2 aromatic carbocycles. The van der Waals surface area contributed by atoms with Gasteiger partial charge in [0.2, 0.25) is 0 Å². The van der Waals surface area contributed by atoms with Gasteiger partial charge in [-0.3, -0.25) is 0 Å². The molecule has 0 aliphatic carbocycles. The summed E-state index contributed by atoms with van der Waals surface area (Å²) < 4.78 is 0.564. The Morgan fingerprint density at radius 2 is 1.91 bits per heavy atom. The predicted molar refractivity (Wildman–Crippen MR) is 83.9 cm³/mol. The maximum atomic E-state index is 12.1. The van der Waals surface area contributed by atoms with Gasteiger partial charge in [-0.05, 0) is 35.6 Å². The van der Waals surface area contributed by atoms with Crippen molar-refractivity contribution in [2.45, 2.75) is 32.4 Å². The average Bonchev–Trinajstić information content (AvgIpc) is 2.83. The highest BCUT2D eigenvalue weighted by molar-refractivity contribution is 5.84. The molecule has 1 N–H and O–H groups in total. The third-order valence-corrected chi connectivity index (χ3v) is 4.64. The average molecular weight is 293 g/mol. The van der Waals surface area contributed by atoms with Crippen molar-refractivity contribution < 1.29 is 9.55 Å². The summed E-state index contributed by atoms with van der Waals surface area (Å²) in [6, 6.07) is 12.3. The molecule has 0 radical (unpaired) electrons. The first-order valence-electron chi connectivity index (χ1n) is 7.61. The lowest BCUT2D eigenvalue weighted by Crippen LogP contribution is -2.33. The van der Waals surface area contributed by atoms with Crippen molar-refractivity contribution in [2.75, 3.05) is 0 Å². The Balaban J connectivity index is 1.99. The topological polar surface area (TPSA) is 49.2 Å². The summed E-state index contributed by atoms with van der Waals surface area (Å²) in [6.07, 6.45) is 1.10. The molecule has 4 heteroatoms. The monoisotopic (exact) mass is 293 g/mol. The molecule has 110 valence electrons. The van der Waals surface area contributed by atoms with Gasteiger partial charge in [-0.15, -0.1) is 0 Å². The molecule has 1 amide bonds. The molecular formula is C18H17N2O2+. The number of hydrogen-bond donors (Lipinski definition) is 1. The maximum absolute atomic E-state index is 12.1. The third-order valence-electron chi connectivity index (χ3n) is 4.64. The largest absolute Gasteiger partial charge is 0.444 e.